The number of carbonyl (C=O) groups is 2. The van der Waals surface area contributed by atoms with Gasteiger partial charge in [0.1, 0.15) is 5.75 Å². The molecule has 0 unspecified atom stereocenters. The maximum absolute atomic E-state index is 12.5. The highest BCUT2D eigenvalue weighted by Gasteiger charge is 2.15. The van der Waals surface area contributed by atoms with Gasteiger partial charge in [-0.3, -0.25) is 4.79 Å². The third kappa shape index (κ3) is 4.51. The van der Waals surface area contributed by atoms with Crippen molar-refractivity contribution in [2.75, 3.05) is 18.5 Å². The van der Waals surface area contributed by atoms with E-state index >= 15 is 0 Å². The minimum Gasteiger partial charge on any atom is -0.492 e. The lowest BCUT2D eigenvalue weighted by Gasteiger charge is -2.12. The van der Waals surface area contributed by atoms with E-state index in [0.717, 1.165) is 0 Å². The molecule has 6 heteroatoms. The molecule has 2 rings (SSSR count). The van der Waals surface area contributed by atoms with Crippen molar-refractivity contribution in [3.8, 4) is 5.75 Å². The summed E-state index contributed by atoms with van der Waals surface area (Å²) in [6, 6.07) is 9.93. The molecule has 0 aliphatic rings. The summed E-state index contributed by atoms with van der Waals surface area (Å²) in [5.41, 5.74) is 2.01. The lowest BCUT2D eigenvalue weighted by Crippen LogP contribution is -2.15. The van der Waals surface area contributed by atoms with Crippen LogP contribution in [0.5, 0.6) is 5.75 Å². The molecule has 1 amide bonds. The van der Waals surface area contributed by atoms with Crippen LogP contribution >= 0.6 is 11.6 Å². The number of amides is 1. The fourth-order valence-electron chi connectivity index (χ4n) is 2.31. The van der Waals surface area contributed by atoms with Gasteiger partial charge in [-0.15, -0.1) is 0 Å². The molecule has 0 aliphatic heterocycles. The summed E-state index contributed by atoms with van der Waals surface area (Å²) >= 11 is 6.12. The lowest BCUT2D eigenvalue weighted by molar-refractivity contribution is 0.0525. The van der Waals surface area contributed by atoms with Crippen molar-refractivity contribution >= 4 is 29.2 Å². The van der Waals surface area contributed by atoms with E-state index in [0.29, 0.717) is 46.4 Å². The van der Waals surface area contributed by atoms with E-state index in [2.05, 4.69) is 5.32 Å². The number of hydrogen-bond donors (Lipinski definition) is 1. The van der Waals surface area contributed by atoms with Crippen LogP contribution in [0.25, 0.3) is 0 Å². The van der Waals surface area contributed by atoms with Gasteiger partial charge in [-0.2, -0.15) is 0 Å². The number of hydrogen-bond acceptors (Lipinski definition) is 4. The van der Waals surface area contributed by atoms with Crippen LogP contribution in [0.2, 0.25) is 5.02 Å². The smallest absolute Gasteiger partial charge is 0.338 e. The Morgan fingerprint density at radius 2 is 1.88 bits per heavy atom. The van der Waals surface area contributed by atoms with Gasteiger partial charge >= 0.3 is 5.97 Å². The van der Waals surface area contributed by atoms with Gasteiger partial charge in [-0.05, 0) is 56.7 Å². The maximum atomic E-state index is 12.5. The van der Waals surface area contributed by atoms with Gasteiger partial charge in [0, 0.05) is 11.3 Å². The first kappa shape index (κ1) is 18.8. The number of rotatable bonds is 6. The summed E-state index contributed by atoms with van der Waals surface area (Å²) < 4.78 is 10.4. The van der Waals surface area contributed by atoms with E-state index in [4.69, 9.17) is 21.1 Å². The van der Waals surface area contributed by atoms with Crippen molar-refractivity contribution in [2.45, 2.75) is 20.8 Å². The molecule has 5 nitrogen and oxygen atoms in total. The monoisotopic (exact) mass is 361 g/mol. The molecule has 0 spiro atoms. The van der Waals surface area contributed by atoms with Crippen molar-refractivity contribution in [1.29, 1.82) is 0 Å². The fraction of sp³-hybridized carbons (Fsp3) is 0.263. The Hall–Kier alpha value is -2.53. The number of carbonyl (C=O) groups excluding carboxylic acids is 2. The van der Waals surface area contributed by atoms with Crippen LogP contribution in [0.1, 0.15) is 40.1 Å². The number of ether oxygens (including phenoxy) is 2. The van der Waals surface area contributed by atoms with Gasteiger partial charge in [0.25, 0.3) is 5.91 Å². The largest absolute Gasteiger partial charge is 0.492 e. The number of esters is 1. The van der Waals surface area contributed by atoms with Crippen LogP contribution in [0.4, 0.5) is 5.69 Å². The van der Waals surface area contributed by atoms with Gasteiger partial charge < -0.3 is 14.8 Å². The molecule has 2 aromatic carbocycles. The Labute approximate surface area is 151 Å². The van der Waals surface area contributed by atoms with Crippen LogP contribution in [0.15, 0.2) is 36.4 Å². The van der Waals surface area contributed by atoms with Crippen molar-refractivity contribution in [2.24, 2.45) is 0 Å². The highest BCUT2D eigenvalue weighted by Crippen LogP contribution is 2.26. The molecular weight excluding hydrogens is 342 g/mol. The molecule has 132 valence electrons. The van der Waals surface area contributed by atoms with Gasteiger partial charge in [-0.25, -0.2) is 4.79 Å². The second-order valence-corrected chi connectivity index (χ2v) is 5.64. The highest BCUT2D eigenvalue weighted by molar-refractivity contribution is 6.32. The lowest BCUT2D eigenvalue weighted by atomic mass is 10.1. The fourth-order valence-corrected chi connectivity index (χ4v) is 2.55. The Kier molecular flexibility index (Phi) is 6.42. The van der Waals surface area contributed by atoms with E-state index in [9.17, 15) is 9.59 Å². The van der Waals surface area contributed by atoms with Gasteiger partial charge in [-0.1, -0.05) is 17.7 Å². The van der Waals surface area contributed by atoms with Crippen molar-refractivity contribution in [3.63, 3.8) is 0 Å². The molecule has 2 aromatic rings. The molecule has 0 heterocycles. The van der Waals surface area contributed by atoms with Gasteiger partial charge in [0.2, 0.25) is 0 Å². The van der Waals surface area contributed by atoms with Crippen molar-refractivity contribution in [3.05, 3.63) is 58.1 Å². The van der Waals surface area contributed by atoms with Gasteiger partial charge in [0.05, 0.1) is 23.8 Å². The Morgan fingerprint density at radius 1 is 1.12 bits per heavy atom. The third-order valence-corrected chi connectivity index (χ3v) is 3.87. The summed E-state index contributed by atoms with van der Waals surface area (Å²) in [5, 5.41) is 3.16. The summed E-state index contributed by atoms with van der Waals surface area (Å²) in [5.74, 6) is -0.213. The summed E-state index contributed by atoms with van der Waals surface area (Å²) in [4.78, 5) is 24.4. The van der Waals surface area contributed by atoms with Crippen LogP contribution < -0.4 is 10.1 Å². The van der Waals surface area contributed by atoms with E-state index in [-0.39, 0.29) is 5.91 Å². The molecule has 25 heavy (non-hydrogen) atoms. The van der Waals surface area contributed by atoms with E-state index < -0.39 is 5.97 Å². The topological polar surface area (TPSA) is 64.6 Å². The predicted octanol–water partition coefficient (Wildman–Crippen LogP) is 4.48. The SMILES string of the molecule is CCOC(=O)c1cccc(NC(=O)c2ccc(OCC)c(Cl)c2)c1C. The predicted molar refractivity (Wildman–Crippen MR) is 97.7 cm³/mol. The molecule has 0 saturated carbocycles. The quantitative estimate of drug-likeness (QED) is 0.770. The van der Waals surface area contributed by atoms with Crippen LogP contribution in [-0.2, 0) is 4.74 Å². The first-order valence-corrected chi connectivity index (χ1v) is 8.36. The minimum absolute atomic E-state index is 0.291. The number of halogens is 1. The van der Waals surface area contributed by atoms with Crippen LogP contribution in [0.3, 0.4) is 0 Å². The van der Waals surface area contributed by atoms with E-state index in [1.54, 1.807) is 50.2 Å². The third-order valence-electron chi connectivity index (χ3n) is 3.57. The number of anilines is 1. The average molecular weight is 362 g/mol. The number of benzene rings is 2. The molecule has 0 atom stereocenters. The van der Waals surface area contributed by atoms with E-state index in [1.807, 2.05) is 6.92 Å². The molecule has 0 fully saturated rings. The number of nitrogens with one attached hydrogen (secondary N) is 1. The first-order valence-electron chi connectivity index (χ1n) is 7.98. The molecule has 0 saturated heterocycles. The maximum Gasteiger partial charge on any atom is 0.338 e. The van der Waals surface area contributed by atoms with Crippen molar-refractivity contribution in [1.82, 2.24) is 0 Å². The normalized spacial score (nSPS) is 10.2. The highest BCUT2D eigenvalue weighted by atomic mass is 35.5. The zero-order chi connectivity index (χ0) is 18.4. The zero-order valence-corrected chi connectivity index (χ0v) is 15.1. The Balaban J connectivity index is 2.22. The van der Waals surface area contributed by atoms with E-state index in [1.165, 1.54) is 0 Å². The molecule has 0 aromatic heterocycles. The summed E-state index contributed by atoms with van der Waals surface area (Å²) in [6.07, 6.45) is 0. The summed E-state index contributed by atoms with van der Waals surface area (Å²) in [6.45, 7) is 6.14. The Bertz CT molecular complexity index is 789. The average Bonchev–Trinajstić information content (AvgIpc) is 2.58. The van der Waals surface area contributed by atoms with Crippen LogP contribution in [-0.4, -0.2) is 25.1 Å². The summed E-state index contributed by atoms with van der Waals surface area (Å²) in [7, 11) is 0. The second-order valence-electron chi connectivity index (χ2n) is 5.23. The first-order chi connectivity index (χ1) is 12.0. The standard InChI is InChI=1S/C19H20ClNO4/c1-4-24-17-10-9-13(11-15(17)20)18(22)21-16-8-6-7-14(12(16)3)19(23)25-5-2/h6-11H,4-5H2,1-3H3,(H,21,22). The zero-order valence-electron chi connectivity index (χ0n) is 14.4. The van der Waals surface area contributed by atoms with Crippen LogP contribution in [0, 0.1) is 6.92 Å². The molecule has 0 aliphatic carbocycles. The second kappa shape index (κ2) is 8.53. The molecule has 1 N–H and O–H groups in total. The Morgan fingerprint density at radius 3 is 2.52 bits per heavy atom. The molecule has 0 bridgehead atoms. The minimum atomic E-state index is -0.416. The van der Waals surface area contributed by atoms with Gasteiger partial charge in [0.15, 0.2) is 0 Å². The molecule has 0 radical (unpaired) electrons. The molecular formula is C19H20ClNO4. The van der Waals surface area contributed by atoms with Crippen molar-refractivity contribution < 1.29 is 19.1 Å².